The van der Waals surface area contributed by atoms with E-state index in [1.807, 2.05) is 4.90 Å². The minimum Gasteiger partial charge on any atom is -0.337 e. The van der Waals surface area contributed by atoms with Gasteiger partial charge in [-0.05, 0) is 55.7 Å². The fourth-order valence-corrected chi connectivity index (χ4v) is 4.39. The highest BCUT2D eigenvalue weighted by atomic mass is 19.2. The van der Waals surface area contributed by atoms with Crippen molar-refractivity contribution in [2.24, 2.45) is 11.8 Å². The van der Waals surface area contributed by atoms with Crippen molar-refractivity contribution < 1.29 is 13.6 Å². The van der Waals surface area contributed by atoms with Crippen LogP contribution < -0.4 is 0 Å². The number of benzene rings is 1. The molecule has 0 spiro atoms. The van der Waals surface area contributed by atoms with Gasteiger partial charge in [-0.3, -0.25) is 9.69 Å². The Morgan fingerprint density at radius 3 is 2.58 bits per heavy atom. The van der Waals surface area contributed by atoms with Gasteiger partial charge in [-0.1, -0.05) is 6.42 Å². The second-order valence-corrected chi connectivity index (χ2v) is 7.69. The average molecular weight is 334 g/mol. The molecule has 3 aliphatic heterocycles. The van der Waals surface area contributed by atoms with Crippen molar-refractivity contribution in [1.29, 1.82) is 0 Å². The van der Waals surface area contributed by atoms with Gasteiger partial charge in [-0.2, -0.15) is 0 Å². The van der Waals surface area contributed by atoms with Crippen LogP contribution in [0.4, 0.5) is 8.78 Å². The molecule has 1 saturated carbocycles. The molecule has 24 heavy (non-hydrogen) atoms. The van der Waals surface area contributed by atoms with Crippen LogP contribution in [0, 0.1) is 23.5 Å². The van der Waals surface area contributed by atoms with Gasteiger partial charge in [0, 0.05) is 37.8 Å². The number of fused-ring (bicyclic) bond motifs is 4. The lowest BCUT2D eigenvalue weighted by Crippen LogP contribution is -2.47. The van der Waals surface area contributed by atoms with E-state index in [0.29, 0.717) is 18.5 Å². The number of halogens is 2. The van der Waals surface area contributed by atoms with Gasteiger partial charge in [0.2, 0.25) is 0 Å². The van der Waals surface area contributed by atoms with Gasteiger partial charge >= 0.3 is 0 Å². The summed E-state index contributed by atoms with van der Waals surface area (Å²) in [6.07, 6.45) is 6.33. The molecule has 0 aromatic heterocycles. The smallest absolute Gasteiger partial charge is 0.254 e. The summed E-state index contributed by atoms with van der Waals surface area (Å²) >= 11 is 0. The van der Waals surface area contributed by atoms with E-state index in [0.717, 1.165) is 50.5 Å². The summed E-state index contributed by atoms with van der Waals surface area (Å²) in [4.78, 5) is 17.2. The topological polar surface area (TPSA) is 23.6 Å². The molecule has 3 heterocycles. The average Bonchev–Trinajstić information content (AvgIpc) is 2.84. The maximum atomic E-state index is 13.4. The van der Waals surface area contributed by atoms with Crippen LogP contribution >= 0.6 is 0 Å². The maximum Gasteiger partial charge on any atom is 0.254 e. The van der Waals surface area contributed by atoms with Gasteiger partial charge in [0.15, 0.2) is 11.6 Å². The summed E-state index contributed by atoms with van der Waals surface area (Å²) in [5.74, 6) is -0.700. The summed E-state index contributed by atoms with van der Waals surface area (Å²) in [6.45, 7) is 3.67. The largest absolute Gasteiger partial charge is 0.337 e. The summed E-state index contributed by atoms with van der Waals surface area (Å²) < 4.78 is 26.6. The molecule has 1 aliphatic carbocycles. The Morgan fingerprint density at radius 2 is 1.88 bits per heavy atom. The molecule has 5 heteroatoms. The normalized spacial score (nSPS) is 27.8. The van der Waals surface area contributed by atoms with E-state index in [-0.39, 0.29) is 11.5 Å². The van der Waals surface area contributed by atoms with Crippen LogP contribution in [0.25, 0.3) is 0 Å². The SMILES string of the molecule is O=C(c1ccc(F)c(F)c1)N1C[C@@H]2CC[C@H](C1)N(CC1CCC1)C2. The van der Waals surface area contributed by atoms with E-state index in [2.05, 4.69) is 4.90 Å². The van der Waals surface area contributed by atoms with Crippen molar-refractivity contribution in [2.75, 3.05) is 26.2 Å². The van der Waals surface area contributed by atoms with E-state index in [9.17, 15) is 13.6 Å². The van der Waals surface area contributed by atoms with E-state index in [1.54, 1.807) is 0 Å². The van der Waals surface area contributed by atoms with Crippen molar-refractivity contribution in [2.45, 2.75) is 38.1 Å². The van der Waals surface area contributed by atoms with Crippen LogP contribution in [-0.2, 0) is 0 Å². The zero-order valence-corrected chi connectivity index (χ0v) is 13.9. The van der Waals surface area contributed by atoms with Crippen LogP contribution in [0.2, 0.25) is 0 Å². The van der Waals surface area contributed by atoms with E-state index in [4.69, 9.17) is 0 Å². The Labute approximate surface area is 141 Å². The monoisotopic (exact) mass is 334 g/mol. The van der Waals surface area contributed by atoms with Gasteiger partial charge in [0.05, 0.1) is 0 Å². The Morgan fingerprint density at radius 1 is 1.04 bits per heavy atom. The first-order valence-electron chi connectivity index (χ1n) is 9.08. The first-order chi connectivity index (χ1) is 11.6. The molecule has 0 radical (unpaired) electrons. The number of hydrogen-bond donors (Lipinski definition) is 0. The van der Waals surface area contributed by atoms with Crippen LogP contribution in [0.15, 0.2) is 18.2 Å². The fourth-order valence-electron chi connectivity index (χ4n) is 4.39. The number of piperidine rings is 1. The Bertz CT molecular complexity index is 632. The Balaban J connectivity index is 1.48. The minimum atomic E-state index is -0.953. The zero-order valence-electron chi connectivity index (χ0n) is 13.9. The maximum absolute atomic E-state index is 13.4. The highest BCUT2D eigenvalue weighted by Crippen LogP contribution is 2.33. The van der Waals surface area contributed by atoms with Crippen LogP contribution in [0.1, 0.15) is 42.5 Å². The molecule has 2 bridgehead atoms. The van der Waals surface area contributed by atoms with Gasteiger partial charge in [-0.15, -0.1) is 0 Å². The molecule has 5 rings (SSSR count). The van der Waals surface area contributed by atoms with Gasteiger partial charge in [0.25, 0.3) is 5.91 Å². The molecule has 0 unspecified atom stereocenters. The molecule has 4 fully saturated rings. The Kier molecular flexibility index (Phi) is 4.29. The number of amides is 1. The molecule has 3 nitrogen and oxygen atoms in total. The standard InChI is InChI=1S/C19H24F2N2O/c20-17-7-5-15(8-18(17)21)19(24)23-11-14-4-6-16(12-23)22(10-14)9-13-2-1-3-13/h5,7-8,13-14,16H,1-4,6,9-12H2/t14-,16-/m1/s1. The zero-order chi connectivity index (χ0) is 16.7. The second-order valence-electron chi connectivity index (χ2n) is 7.69. The van der Waals surface area contributed by atoms with Crippen molar-refractivity contribution >= 4 is 5.91 Å². The predicted molar refractivity (Wildman–Crippen MR) is 87.7 cm³/mol. The lowest BCUT2D eigenvalue weighted by atomic mass is 9.83. The minimum absolute atomic E-state index is 0.170. The van der Waals surface area contributed by atoms with E-state index >= 15 is 0 Å². The molecule has 0 N–H and O–H groups in total. The molecule has 4 aliphatic rings. The predicted octanol–water partition coefficient (Wildman–Crippen LogP) is 3.30. The number of carbonyl (C=O) groups is 1. The third kappa shape index (κ3) is 3.06. The van der Waals surface area contributed by atoms with Gasteiger partial charge in [-0.25, -0.2) is 8.78 Å². The van der Waals surface area contributed by atoms with Crippen molar-refractivity contribution in [1.82, 2.24) is 9.80 Å². The van der Waals surface area contributed by atoms with Crippen LogP contribution in [0.5, 0.6) is 0 Å². The second kappa shape index (κ2) is 6.43. The lowest BCUT2D eigenvalue weighted by Gasteiger charge is -2.40. The lowest BCUT2D eigenvalue weighted by molar-refractivity contribution is 0.0716. The summed E-state index contributed by atoms with van der Waals surface area (Å²) in [5.41, 5.74) is 0.251. The van der Waals surface area contributed by atoms with E-state index < -0.39 is 11.6 Å². The van der Waals surface area contributed by atoms with Crippen molar-refractivity contribution in [3.63, 3.8) is 0 Å². The highest BCUT2D eigenvalue weighted by molar-refractivity contribution is 5.94. The highest BCUT2D eigenvalue weighted by Gasteiger charge is 2.38. The quantitative estimate of drug-likeness (QED) is 0.847. The molecular weight excluding hydrogens is 310 g/mol. The molecule has 1 amide bonds. The molecular formula is C19H24F2N2O. The molecule has 1 aromatic rings. The molecule has 1 aromatic carbocycles. The van der Waals surface area contributed by atoms with Crippen molar-refractivity contribution in [3.05, 3.63) is 35.4 Å². The van der Waals surface area contributed by atoms with Gasteiger partial charge in [0.1, 0.15) is 0 Å². The number of nitrogens with zero attached hydrogens (tertiary/aromatic N) is 2. The first-order valence-corrected chi connectivity index (χ1v) is 9.08. The van der Waals surface area contributed by atoms with Crippen molar-refractivity contribution in [3.8, 4) is 0 Å². The van der Waals surface area contributed by atoms with E-state index in [1.165, 1.54) is 25.3 Å². The number of rotatable bonds is 3. The summed E-state index contributed by atoms with van der Waals surface area (Å²) in [5, 5.41) is 0. The molecule has 2 atom stereocenters. The number of hydrogen-bond acceptors (Lipinski definition) is 2. The van der Waals surface area contributed by atoms with Gasteiger partial charge < -0.3 is 4.90 Å². The molecule has 130 valence electrons. The molecule has 3 saturated heterocycles. The van der Waals surface area contributed by atoms with Crippen LogP contribution in [-0.4, -0.2) is 47.9 Å². The Hall–Kier alpha value is -1.49. The number of carbonyl (C=O) groups excluding carboxylic acids is 1. The third-order valence-electron chi connectivity index (χ3n) is 6.00. The third-order valence-corrected chi connectivity index (χ3v) is 6.00. The van der Waals surface area contributed by atoms with Crippen LogP contribution in [0.3, 0.4) is 0 Å². The fraction of sp³-hybridized carbons (Fsp3) is 0.632. The summed E-state index contributed by atoms with van der Waals surface area (Å²) in [7, 11) is 0. The summed E-state index contributed by atoms with van der Waals surface area (Å²) in [6, 6.07) is 3.87. The first kappa shape index (κ1) is 16.0.